The molecule has 2 aromatic rings. The number of aromatic nitrogens is 2. The van der Waals surface area contributed by atoms with Crippen LogP contribution in [0.5, 0.6) is 0 Å². The van der Waals surface area contributed by atoms with Gasteiger partial charge in [-0.2, -0.15) is 0 Å². The molecule has 1 unspecified atom stereocenters. The van der Waals surface area contributed by atoms with Crippen LogP contribution < -0.4 is 4.90 Å². The van der Waals surface area contributed by atoms with Crippen LogP contribution in [-0.2, 0) is 4.79 Å². The average molecular weight is 314 g/mol. The third kappa shape index (κ3) is 2.93. The molecule has 0 aliphatic carbocycles. The van der Waals surface area contributed by atoms with Crippen molar-refractivity contribution in [2.75, 3.05) is 18.0 Å². The highest BCUT2D eigenvalue weighted by Crippen LogP contribution is 2.32. The maximum atomic E-state index is 12.1. The lowest BCUT2D eigenvalue weighted by molar-refractivity contribution is -0.117. The summed E-state index contributed by atoms with van der Waals surface area (Å²) < 4.78 is 0. The van der Waals surface area contributed by atoms with Crippen molar-refractivity contribution in [3.63, 3.8) is 0 Å². The van der Waals surface area contributed by atoms with Crippen molar-refractivity contribution in [2.45, 2.75) is 13.3 Å². The molecule has 1 amide bonds. The minimum atomic E-state index is 0.00471. The summed E-state index contributed by atoms with van der Waals surface area (Å²) in [6.07, 6.45) is 0.387. The Bertz CT molecular complexity index is 751. The molecule has 1 atom stereocenters. The number of hydrogen-bond donors (Lipinski definition) is 0. The largest absolute Gasteiger partial charge is 0.286 e. The van der Waals surface area contributed by atoms with Crippen LogP contribution in [0, 0.1) is 12.8 Å². The van der Waals surface area contributed by atoms with E-state index >= 15 is 0 Å². The smallest absolute Gasteiger partial charge is 0.229 e. The summed E-state index contributed by atoms with van der Waals surface area (Å²) in [4.78, 5) is 16.5. The molecule has 1 aliphatic rings. The Labute approximate surface area is 131 Å². The van der Waals surface area contributed by atoms with Gasteiger partial charge in [0, 0.05) is 30.0 Å². The molecule has 0 N–H and O–H groups in total. The maximum absolute atomic E-state index is 12.1. The summed E-state index contributed by atoms with van der Waals surface area (Å²) in [7, 11) is 0. The summed E-state index contributed by atoms with van der Waals surface area (Å²) in [5.74, 6) is 0.0554. The summed E-state index contributed by atoms with van der Waals surface area (Å²) in [5, 5.41) is 13.3. The Morgan fingerprint density at radius 1 is 1.50 bits per heavy atom. The molecule has 8 heteroatoms. The normalized spacial score (nSPS) is 17.6. The second-order valence-electron chi connectivity index (χ2n) is 5.25. The van der Waals surface area contributed by atoms with E-state index in [4.69, 9.17) is 5.53 Å². The van der Waals surface area contributed by atoms with E-state index in [1.54, 1.807) is 4.90 Å². The maximum Gasteiger partial charge on any atom is 0.229 e. The van der Waals surface area contributed by atoms with E-state index in [9.17, 15) is 4.79 Å². The Morgan fingerprint density at radius 2 is 2.36 bits per heavy atom. The average Bonchev–Trinajstić information content (AvgIpc) is 3.11. The number of azide groups is 1. The molecule has 1 aromatic carbocycles. The van der Waals surface area contributed by atoms with Crippen LogP contribution in [0.4, 0.5) is 5.13 Å². The number of amides is 1. The zero-order valence-electron chi connectivity index (χ0n) is 12.0. The number of benzene rings is 1. The molecule has 1 aliphatic heterocycles. The first-order valence-corrected chi connectivity index (χ1v) is 7.71. The Balaban J connectivity index is 1.79. The molecule has 1 fully saturated rings. The monoisotopic (exact) mass is 314 g/mol. The molecule has 1 aromatic heterocycles. The Morgan fingerprint density at radius 3 is 3.14 bits per heavy atom. The van der Waals surface area contributed by atoms with E-state index in [0.29, 0.717) is 24.6 Å². The Kier molecular flexibility index (Phi) is 4.04. The van der Waals surface area contributed by atoms with Gasteiger partial charge in [-0.15, -0.1) is 10.2 Å². The topological polar surface area (TPSA) is 94.8 Å². The number of carbonyl (C=O) groups excluding carboxylic acids is 1. The highest BCUT2D eigenvalue weighted by molar-refractivity contribution is 7.18. The number of hydrogen-bond acceptors (Lipinski definition) is 5. The predicted octanol–water partition coefficient (Wildman–Crippen LogP) is 3.18. The zero-order chi connectivity index (χ0) is 15.5. The number of aryl methyl sites for hydroxylation is 1. The number of rotatable bonds is 4. The molecular weight excluding hydrogens is 300 g/mol. The van der Waals surface area contributed by atoms with Gasteiger partial charge in [0.05, 0.1) is 0 Å². The molecule has 0 saturated carbocycles. The first kappa shape index (κ1) is 14.5. The molecular formula is C14H14N6OS. The molecule has 0 radical (unpaired) electrons. The minimum absolute atomic E-state index is 0.00471. The summed E-state index contributed by atoms with van der Waals surface area (Å²) >= 11 is 1.40. The lowest BCUT2D eigenvalue weighted by Crippen LogP contribution is -2.24. The minimum Gasteiger partial charge on any atom is -0.286 e. The zero-order valence-corrected chi connectivity index (χ0v) is 12.8. The van der Waals surface area contributed by atoms with Crippen molar-refractivity contribution in [1.82, 2.24) is 10.2 Å². The molecule has 0 bridgehead atoms. The van der Waals surface area contributed by atoms with E-state index in [1.807, 2.05) is 31.2 Å². The van der Waals surface area contributed by atoms with Gasteiger partial charge in [0.1, 0.15) is 5.01 Å². The first-order chi connectivity index (χ1) is 10.7. The van der Waals surface area contributed by atoms with Crippen LogP contribution >= 0.6 is 11.3 Å². The van der Waals surface area contributed by atoms with Crippen LogP contribution in [0.2, 0.25) is 0 Å². The first-order valence-electron chi connectivity index (χ1n) is 6.89. The number of nitrogens with zero attached hydrogens (tertiary/aromatic N) is 6. The quantitative estimate of drug-likeness (QED) is 0.492. The second-order valence-corrected chi connectivity index (χ2v) is 6.20. The molecule has 0 spiro atoms. The fourth-order valence-corrected chi connectivity index (χ4v) is 3.33. The fourth-order valence-electron chi connectivity index (χ4n) is 2.46. The van der Waals surface area contributed by atoms with Gasteiger partial charge in [-0.1, -0.05) is 40.2 Å². The van der Waals surface area contributed by atoms with Gasteiger partial charge in [0.15, 0.2) is 0 Å². The molecule has 7 nitrogen and oxygen atoms in total. The molecule has 112 valence electrons. The van der Waals surface area contributed by atoms with E-state index in [0.717, 1.165) is 16.1 Å². The van der Waals surface area contributed by atoms with Crippen LogP contribution in [0.1, 0.15) is 12.0 Å². The summed E-state index contributed by atoms with van der Waals surface area (Å²) in [6.45, 7) is 2.89. The van der Waals surface area contributed by atoms with Crippen molar-refractivity contribution in [3.05, 3.63) is 40.3 Å². The van der Waals surface area contributed by atoms with E-state index in [2.05, 4.69) is 20.2 Å². The highest BCUT2D eigenvalue weighted by Gasteiger charge is 2.32. The molecule has 2 heterocycles. The molecule has 1 saturated heterocycles. The molecule has 22 heavy (non-hydrogen) atoms. The van der Waals surface area contributed by atoms with Gasteiger partial charge in [0.25, 0.3) is 0 Å². The van der Waals surface area contributed by atoms with Crippen molar-refractivity contribution in [2.24, 2.45) is 11.0 Å². The standard InChI is InChI=1S/C14H14N6OS/c1-9-3-2-4-11(5-9)13-17-18-14(22-13)20-8-10(6-12(20)21)7-16-19-15/h2-5,10H,6-8H2,1H3. The van der Waals surface area contributed by atoms with Gasteiger partial charge in [-0.3, -0.25) is 9.69 Å². The van der Waals surface area contributed by atoms with Gasteiger partial charge >= 0.3 is 0 Å². The van der Waals surface area contributed by atoms with Crippen molar-refractivity contribution >= 4 is 22.4 Å². The van der Waals surface area contributed by atoms with Crippen LogP contribution in [-0.4, -0.2) is 29.2 Å². The van der Waals surface area contributed by atoms with E-state index < -0.39 is 0 Å². The third-order valence-corrected chi connectivity index (χ3v) is 4.51. The molecule has 3 rings (SSSR count). The number of anilines is 1. The van der Waals surface area contributed by atoms with Crippen LogP contribution in [0.3, 0.4) is 0 Å². The van der Waals surface area contributed by atoms with Gasteiger partial charge in [-0.25, -0.2) is 0 Å². The second kappa shape index (κ2) is 6.13. The van der Waals surface area contributed by atoms with Gasteiger partial charge < -0.3 is 0 Å². The third-order valence-electron chi connectivity index (χ3n) is 3.52. The highest BCUT2D eigenvalue weighted by atomic mass is 32.1. The van der Waals surface area contributed by atoms with E-state index in [1.165, 1.54) is 11.3 Å². The van der Waals surface area contributed by atoms with Crippen LogP contribution in [0.15, 0.2) is 29.4 Å². The summed E-state index contributed by atoms with van der Waals surface area (Å²) in [5.41, 5.74) is 10.5. The van der Waals surface area contributed by atoms with Crippen LogP contribution in [0.25, 0.3) is 21.0 Å². The summed E-state index contributed by atoms with van der Waals surface area (Å²) in [6, 6.07) is 8.02. The lowest BCUT2D eigenvalue weighted by atomic mass is 10.1. The van der Waals surface area contributed by atoms with Crippen molar-refractivity contribution < 1.29 is 4.79 Å². The van der Waals surface area contributed by atoms with Crippen molar-refractivity contribution in [1.29, 1.82) is 0 Å². The number of carbonyl (C=O) groups is 1. The Hall–Kier alpha value is -2.44. The van der Waals surface area contributed by atoms with Gasteiger partial charge in [-0.05, 0) is 24.4 Å². The van der Waals surface area contributed by atoms with Crippen molar-refractivity contribution in [3.8, 4) is 10.6 Å². The van der Waals surface area contributed by atoms with E-state index in [-0.39, 0.29) is 11.8 Å². The predicted molar refractivity (Wildman–Crippen MR) is 84.6 cm³/mol. The van der Waals surface area contributed by atoms with Gasteiger partial charge in [0.2, 0.25) is 11.0 Å². The fraction of sp³-hybridized carbons (Fsp3) is 0.357. The lowest BCUT2D eigenvalue weighted by Gasteiger charge is -2.10. The SMILES string of the molecule is Cc1cccc(-c2nnc(N3CC(CN=[N+]=[N-])CC3=O)s2)c1.